The Morgan fingerprint density at radius 3 is 2.81 bits per heavy atom. The number of halogens is 1. The molecule has 0 amide bonds. The molecule has 2 aromatic heterocycles. The maximum atomic E-state index is 5.94. The molecule has 0 aliphatic heterocycles. The predicted octanol–water partition coefficient (Wildman–Crippen LogP) is 2.41. The fraction of sp³-hybridized carbons (Fsp3) is 0.154. The van der Waals surface area contributed by atoms with Crippen LogP contribution < -0.4 is 5.32 Å². The van der Waals surface area contributed by atoms with E-state index in [-0.39, 0.29) is 5.28 Å². The molecule has 0 spiro atoms. The van der Waals surface area contributed by atoms with E-state index in [1.807, 2.05) is 24.3 Å². The minimum atomic E-state index is 0.0898. The normalized spacial score (nSPS) is 10.6. The number of aromatic nitrogens is 6. The highest BCUT2D eigenvalue weighted by Gasteiger charge is 2.09. The molecule has 0 saturated heterocycles. The molecule has 8 heteroatoms. The van der Waals surface area contributed by atoms with Gasteiger partial charge >= 0.3 is 0 Å². The summed E-state index contributed by atoms with van der Waals surface area (Å²) < 4.78 is 1.42. The number of rotatable bonds is 4. The highest BCUT2D eigenvalue weighted by Crippen LogP contribution is 2.20. The number of hydrogen-bond donors (Lipinski definition) is 1. The van der Waals surface area contributed by atoms with Gasteiger partial charge in [-0.2, -0.15) is 24.7 Å². The summed E-state index contributed by atoms with van der Waals surface area (Å²) in [5.74, 6) is 0.672. The first-order valence-electron chi connectivity index (χ1n) is 6.38. The average molecular weight is 302 g/mol. The van der Waals surface area contributed by atoms with Crippen molar-refractivity contribution in [3.8, 4) is 5.95 Å². The molecule has 106 valence electrons. The van der Waals surface area contributed by atoms with Gasteiger partial charge in [-0.3, -0.25) is 0 Å². The summed E-state index contributed by atoms with van der Waals surface area (Å²) in [6.07, 6.45) is 3.80. The molecular formula is C13H12ClN7. The lowest BCUT2D eigenvalue weighted by molar-refractivity contribution is 0.796. The van der Waals surface area contributed by atoms with E-state index < -0.39 is 0 Å². The second kappa shape index (κ2) is 5.84. The van der Waals surface area contributed by atoms with E-state index in [1.54, 1.807) is 0 Å². The Morgan fingerprint density at radius 1 is 1.19 bits per heavy atom. The van der Waals surface area contributed by atoms with Gasteiger partial charge in [0, 0.05) is 5.69 Å². The lowest BCUT2D eigenvalue weighted by Crippen LogP contribution is -2.07. The average Bonchev–Trinajstić information content (AvgIpc) is 3.01. The Kier molecular flexibility index (Phi) is 3.74. The maximum Gasteiger partial charge on any atom is 0.258 e. The predicted molar refractivity (Wildman–Crippen MR) is 78.9 cm³/mol. The lowest BCUT2D eigenvalue weighted by Gasteiger charge is -2.10. The molecule has 21 heavy (non-hydrogen) atoms. The van der Waals surface area contributed by atoms with Gasteiger partial charge in [-0.25, -0.2) is 4.98 Å². The molecule has 0 aliphatic carbocycles. The van der Waals surface area contributed by atoms with Crippen LogP contribution >= 0.6 is 11.6 Å². The number of nitrogens with one attached hydrogen (secondary N) is 1. The minimum Gasteiger partial charge on any atom is -0.324 e. The van der Waals surface area contributed by atoms with Gasteiger partial charge in [0.2, 0.25) is 11.2 Å². The zero-order valence-electron chi connectivity index (χ0n) is 11.2. The molecule has 0 saturated carbocycles. The van der Waals surface area contributed by atoms with Crippen molar-refractivity contribution in [3.05, 3.63) is 47.8 Å². The van der Waals surface area contributed by atoms with E-state index in [0.717, 1.165) is 17.7 Å². The summed E-state index contributed by atoms with van der Waals surface area (Å²) in [6.45, 7) is 2.09. The summed E-state index contributed by atoms with van der Waals surface area (Å²) in [4.78, 5) is 16.3. The second-order valence-electron chi connectivity index (χ2n) is 4.20. The zero-order valence-corrected chi connectivity index (χ0v) is 12.0. The number of hydrogen-bond acceptors (Lipinski definition) is 6. The Bertz CT molecular complexity index is 742. The standard InChI is InChI=1S/C13H12ClN7/c1-2-9-5-3-4-6-10(9)17-12-18-11(14)19-13(20-12)21-8-15-7-16-21/h3-8H,2H2,1H3,(H,17,18,19,20). The van der Waals surface area contributed by atoms with Crippen molar-refractivity contribution < 1.29 is 0 Å². The van der Waals surface area contributed by atoms with Crippen molar-refractivity contribution in [2.24, 2.45) is 0 Å². The highest BCUT2D eigenvalue weighted by atomic mass is 35.5. The third-order valence-electron chi connectivity index (χ3n) is 2.86. The molecule has 7 nitrogen and oxygen atoms in total. The molecule has 1 N–H and O–H groups in total. The Balaban J connectivity index is 1.96. The Hall–Kier alpha value is -2.54. The summed E-state index contributed by atoms with van der Waals surface area (Å²) in [7, 11) is 0. The number of para-hydroxylation sites is 1. The number of nitrogens with zero attached hydrogens (tertiary/aromatic N) is 6. The van der Waals surface area contributed by atoms with Gasteiger partial charge in [-0.1, -0.05) is 25.1 Å². The maximum absolute atomic E-state index is 5.94. The van der Waals surface area contributed by atoms with Crippen LogP contribution in [0.5, 0.6) is 0 Å². The first-order valence-corrected chi connectivity index (χ1v) is 6.75. The molecule has 3 aromatic rings. The van der Waals surface area contributed by atoms with Gasteiger partial charge in [0.25, 0.3) is 5.95 Å². The van der Waals surface area contributed by atoms with Crippen molar-refractivity contribution in [2.75, 3.05) is 5.32 Å². The van der Waals surface area contributed by atoms with Gasteiger partial charge < -0.3 is 5.32 Å². The van der Waals surface area contributed by atoms with Crippen LogP contribution in [0.2, 0.25) is 5.28 Å². The van der Waals surface area contributed by atoms with Crippen molar-refractivity contribution in [1.29, 1.82) is 0 Å². The van der Waals surface area contributed by atoms with Crippen molar-refractivity contribution in [1.82, 2.24) is 29.7 Å². The van der Waals surface area contributed by atoms with Crippen LogP contribution in [-0.4, -0.2) is 29.7 Å². The quantitative estimate of drug-likeness (QED) is 0.797. The number of aryl methyl sites for hydroxylation is 1. The molecular weight excluding hydrogens is 290 g/mol. The minimum absolute atomic E-state index is 0.0898. The van der Waals surface area contributed by atoms with E-state index in [0.29, 0.717) is 11.9 Å². The molecule has 0 bridgehead atoms. The monoisotopic (exact) mass is 301 g/mol. The first-order chi connectivity index (χ1) is 10.3. The van der Waals surface area contributed by atoms with Crippen molar-refractivity contribution in [3.63, 3.8) is 0 Å². The SMILES string of the molecule is CCc1ccccc1Nc1nc(Cl)nc(-n2cncn2)n1. The summed E-state index contributed by atoms with van der Waals surface area (Å²) in [6, 6.07) is 7.95. The van der Waals surface area contributed by atoms with Crippen LogP contribution in [0.3, 0.4) is 0 Å². The van der Waals surface area contributed by atoms with E-state index in [4.69, 9.17) is 11.6 Å². The third-order valence-corrected chi connectivity index (χ3v) is 3.03. The summed E-state index contributed by atoms with van der Waals surface area (Å²) in [5.41, 5.74) is 2.10. The van der Waals surface area contributed by atoms with E-state index in [2.05, 4.69) is 37.3 Å². The Morgan fingerprint density at radius 2 is 2.05 bits per heavy atom. The smallest absolute Gasteiger partial charge is 0.258 e. The zero-order chi connectivity index (χ0) is 14.7. The molecule has 0 radical (unpaired) electrons. The van der Waals surface area contributed by atoms with E-state index in [9.17, 15) is 0 Å². The van der Waals surface area contributed by atoms with Crippen molar-refractivity contribution >= 4 is 23.2 Å². The van der Waals surface area contributed by atoms with Crippen molar-refractivity contribution in [2.45, 2.75) is 13.3 Å². The molecule has 0 unspecified atom stereocenters. The number of benzene rings is 1. The largest absolute Gasteiger partial charge is 0.324 e. The molecule has 0 aliphatic rings. The highest BCUT2D eigenvalue weighted by molar-refractivity contribution is 6.28. The molecule has 3 rings (SSSR count). The van der Waals surface area contributed by atoms with Gasteiger partial charge in [-0.05, 0) is 29.7 Å². The Labute approximate surface area is 126 Å². The summed E-state index contributed by atoms with van der Waals surface area (Å²) >= 11 is 5.94. The second-order valence-corrected chi connectivity index (χ2v) is 4.54. The van der Waals surface area contributed by atoms with Crippen LogP contribution in [0.25, 0.3) is 5.95 Å². The molecule has 0 atom stereocenters. The lowest BCUT2D eigenvalue weighted by atomic mass is 10.1. The fourth-order valence-corrected chi connectivity index (χ4v) is 2.04. The molecule has 0 fully saturated rings. The molecule has 1 aromatic carbocycles. The molecule has 2 heterocycles. The van der Waals surface area contributed by atoms with Gasteiger partial charge in [0.05, 0.1) is 0 Å². The third kappa shape index (κ3) is 2.97. The first kappa shape index (κ1) is 13.4. The van der Waals surface area contributed by atoms with Gasteiger partial charge in [-0.15, -0.1) is 0 Å². The van der Waals surface area contributed by atoms with E-state index in [1.165, 1.54) is 17.3 Å². The van der Waals surface area contributed by atoms with E-state index >= 15 is 0 Å². The van der Waals surface area contributed by atoms with Gasteiger partial charge in [0.1, 0.15) is 12.7 Å². The van der Waals surface area contributed by atoms with Gasteiger partial charge in [0.15, 0.2) is 0 Å². The topological polar surface area (TPSA) is 81.4 Å². The van der Waals surface area contributed by atoms with Crippen LogP contribution in [0, 0.1) is 0 Å². The fourth-order valence-electron chi connectivity index (χ4n) is 1.88. The van der Waals surface area contributed by atoms with Crippen LogP contribution in [-0.2, 0) is 6.42 Å². The number of anilines is 2. The van der Waals surface area contributed by atoms with Crippen LogP contribution in [0.1, 0.15) is 12.5 Å². The summed E-state index contributed by atoms with van der Waals surface area (Å²) in [5, 5.41) is 7.22. The van der Waals surface area contributed by atoms with Crippen LogP contribution in [0.15, 0.2) is 36.9 Å². The van der Waals surface area contributed by atoms with Crippen LogP contribution in [0.4, 0.5) is 11.6 Å².